The van der Waals surface area contributed by atoms with Crippen LogP contribution in [0.4, 0.5) is 11.6 Å². The van der Waals surface area contributed by atoms with Crippen molar-refractivity contribution in [2.45, 2.75) is 13.8 Å². The van der Waals surface area contributed by atoms with Gasteiger partial charge in [-0.3, -0.25) is 9.97 Å². The number of hydrogen-bond acceptors (Lipinski definition) is 4. The van der Waals surface area contributed by atoms with Gasteiger partial charge in [-0.15, -0.1) is 0 Å². The topological polar surface area (TPSA) is 98.4 Å². The molecule has 8 heteroatoms. The molecule has 1 aliphatic rings. The van der Waals surface area contributed by atoms with Gasteiger partial charge >= 0.3 is 0 Å². The second-order valence-corrected chi connectivity index (χ2v) is 5.23. The fourth-order valence-electron chi connectivity index (χ4n) is 2.49. The Morgan fingerprint density at radius 2 is 1.59 bits per heavy atom. The van der Waals surface area contributed by atoms with Crippen molar-refractivity contribution >= 4 is 18.0 Å². The summed E-state index contributed by atoms with van der Waals surface area (Å²) in [4.78, 5) is 27.0. The fraction of sp³-hybridized carbons (Fsp3) is 0.143. The van der Waals surface area contributed by atoms with Gasteiger partial charge in [-0.2, -0.15) is 4.48 Å². The third-order valence-electron chi connectivity index (χ3n) is 3.61. The van der Waals surface area contributed by atoms with E-state index in [1.807, 2.05) is 26.4 Å². The highest BCUT2D eigenvalue weighted by atomic mass is 15.5. The standard InChI is InChI=1S/C14H15N8/c1-9-5-17-13(19-9)14-18-7-12(21-14)22(4-3-15-8-22)11-6-16-10(2)20-11/h3-8H,1-2H3,(H,16,20)(H,17,19)(H,18,21)/q+1. The first-order valence-corrected chi connectivity index (χ1v) is 6.87. The Hall–Kier alpha value is -3.00. The molecule has 22 heavy (non-hydrogen) atoms. The van der Waals surface area contributed by atoms with E-state index >= 15 is 0 Å². The molecule has 1 unspecified atom stereocenters. The monoisotopic (exact) mass is 295 g/mol. The van der Waals surface area contributed by atoms with E-state index in [9.17, 15) is 0 Å². The number of imidazole rings is 3. The van der Waals surface area contributed by atoms with Crippen LogP contribution in [-0.2, 0) is 0 Å². The van der Waals surface area contributed by atoms with Crippen LogP contribution in [0, 0.1) is 13.8 Å². The van der Waals surface area contributed by atoms with E-state index < -0.39 is 0 Å². The molecule has 4 heterocycles. The van der Waals surface area contributed by atoms with Crippen molar-refractivity contribution in [2.75, 3.05) is 0 Å². The van der Waals surface area contributed by atoms with Crippen LogP contribution in [0.5, 0.6) is 0 Å². The van der Waals surface area contributed by atoms with Crippen LogP contribution >= 0.6 is 0 Å². The van der Waals surface area contributed by atoms with E-state index in [1.165, 1.54) is 0 Å². The number of nitrogens with one attached hydrogen (secondary N) is 3. The van der Waals surface area contributed by atoms with Gasteiger partial charge < -0.3 is 4.98 Å². The Morgan fingerprint density at radius 1 is 0.864 bits per heavy atom. The largest absolute Gasteiger partial charge is 0.340 e. The average Bonchev–Trinajstić information content (AvgIpc) is 3.25. The van der Waals surface area contributed by atoms with Crippen LogP contribution < -0.4 is 4.48 Å². The first-order chi connectivity index (χ1) is 10.7. The van der Waals surface area contributed by atoms with Gasteiger partial charge in [0, 0.05) is 11.9 Å². The van der Waals surface area contributed by atoms with Crippen molar-refractivity contribution in [3.63, 3.8) is 0 Å². The van der Waals surface area contributed by atoms with Gasteiger partial charge in [0.2, 0.25) is 18.0 Å². The van der Waals surface area contributed by atoms with Crippen molar-refractivity contribution in [1.29, 1.82) is 0 Å². The maximum absolute atomic E-state index is 4.43. The molecule has 1 atom stereocenters. The summed E-state index contributed by atoms with van der Waals surface area (Å²) in [5.41, 5.74) is 0.990. The highest BCUT2D eigenvalue weighted by Gasteiger charge is 2.36. The Kier molecular flexibility index (Phi) is 2.60. The van der Waals surface area contributed by atoms with Crippen LogP contribution in [-0.4, -0.2) is 36.2 Å². The smallest absolute Gasteiger partial charge is 0.243 e. The van der Waals surface area contributed by atoms with Crippen molar-refractivity contribution in [3.05, 3.63) is 42.5 Å². The molecule has 0 saturated heterocycles. The van der Waals surface area contributed by atoms with Crippen LogP contribution in [0.3, 0.4) is 0 Å². The minimum Gasteiger partial charge on any atom is -0.340 e. The summed E-state index contributed by atoms with van der Waals surface area (Å²) in [5.74, 6) is 3.99. The van der Waals surface area contributed by atoms with Gasteiger partial charge in [-0.05, 0) is 13.8 Å². The molecule has 1 aliphatic heterocycles. The molecule has 0 amide bonds. The molecule has 0 bridgehead atoms. The molecule has 0 saturated carbocycles. The third kappa shape index (κ3) is 1.81. The molecule has 3 aromatic rings. The molecule has 0 spiro atoms. The van der Waals surface area contributed by atoms with Crippen LogP contribution in [0.1, 0.15) is 11.5 Å². The molecular weight excluding hydrogens is 280 g/mol. The fourth-order valence-corrected chi connectivity index (χ4v) is 2.49. The molecule has 0 radical (unpaired) electrons. The highest BCUT2D eigenvalue weighted by molar-refractivity contribution is 5.85. The maximum Gasteiger partial charge on any atom is 0.243 e. The number of nitrogens with zero attached hydrogens (tertiary/aromatic N) is 5. The SMILES string of the molecule is Cc1cnc(-c2ncc([N+]3(c4cnc(C)[nH]4)C=CN=C3)[nH]2)[nH]1. The van der Waals surface area contributed by atoms with Crippen LogP contribution in [0.2, 0.25) is 0 Å². The number of aromatic amines is 3. The first kappa shape index (κ1) is 12.7. The van der Waals surface area contributed by atoms with Gasteiger partial charge in [0.1, 0.15) is 24.4 Å². The van der Waals surface area contributed by atoms with Gasteiger partial charge in [0.15, 0.2) is 11.6 Å². The minimum absolute atomic E-state index is 0.285. The summed E-state index contributed by atoms with van der Waals surface area (Å²) in [6, 6.07) is 0. The van der Waals surface area contributed by atoms with E-state index in [0.29, 0.717) is 11.6 Å². The number of quaternary nitrogens is 1. The van der Waals surface area contributed by atoms with Crippen molar-refractivity contribution in [2.24, 2.45) is 4.99 Å². The molecule has 0 fully saturated rings. The third-order valence-corrected chi connectivity index (χ3v) is 3.61. The number of hydrogen-bond donors (Lipinski definition) is 3. The van der Waals surface area contributed by atoms with Crippen LogP contribution in [0.25, 0.3) is 11.6 Å². The number of H-pyrrole nitrogens is 3. The molecule has 4 rings (SSSR count). The number of aryl methyl sites for hydroxylation is 2. The van der Waals surface area contributed by atoms with E-state index in [1.54, 1.807) is 24.8 Å². The first-order valence-electron chi connectivity index (χ1n) is 6.87. The van der Waals surface area contributed by atoms with Crippen LogP contribution in [0.15, 0.2) is 36.0 Å². The summed E-state index contributed by atoms with van der Waals surface area (Å²) in [5, 5.41) is 0. The van der Waals surface area contributed by atoms with Gasteiger partial charge in [-0.25, -0.2) is 19.9 Å². The Bertz CT molecular complexity index is 866. The zero-order valence-electron chi connectivity index (χ0n) is 12.2. The average molecular weight is 295 g/mol. The molecule has 0 aliphatic carbocycles. The molecule has 110 valence electrons. The Balaban J connectivity index is 1.81. The zero-order valence-corrected chi connectivity index (χ0v) is 12.2. The lowest BCUT2D eigenvalue weighted by Crippen LogP contribution is -2.35. The number of aliphatic imine (C=N–C) groups is 1. The second-order valence-electron chi connectivity index (χ2n) is 5.23. The predicted octanol–water partition coefficient (Wildman–Crippen LogP) is 2.29. The van der Waals surface area contributed by atoms with E-state index in [4.69, 9.17) is 0 Å². The summed E-state index contributed by atoms with van der Waals surface area (Å²) in [6.07, 6.45) is 10.9. The number of rotatable bonds is 3. The molecule has 3 aromatic heterocycles. The molecule has 3 N–H and O–H groups in total. The van der Waals surface area contributed by atoms with Gasteiger partial charge in [0.25, 0.3) is 0 Å². The summed E-state index contributed by atoms with van der Waals surface area (Å²) < 4.78 is 0.285. The summed E-state index contributed by atoms with van der Waals surface area (Å²) in [7, 11) is 0. The van der Waals surface area contributed by atoms with Gasteiger partial charge in [0.05, 0.1) is 6.20 Å². The molecule has 8 nitrogen and oxygen atoms in total. The molecule has 0 aromatic carbocycles. The number of aromatic nitrogens is 6. The summed E-state index contributed by atoms with van der Waals surface area (Å²) >= 11 is 0. The Morgan fingerprint density at radius 3 is 2.23 bits per heavy atom. The lowest BCUT2D eigenvalue weighted by Gasteiger charge is -2.21. The van der Waals surface area contributed by atoms with Crippen molar-refractivity contribution < 1.29 is 0 Å². The lowest BCUT2D eigenvalue weighted by molar-refractivity contribution is 0.725. The lowest BCUT2D eigenvalue weighted by atomic mass is 10.4. The van der Waals surface area contributed by atoms with Crippen molar-refractivity contribution in [3.8, 4) is 11.6 Å². The van der Waals surface area contributed by atoms with Gasteiger partial charge in [-0.1, -0.05) is 0 Å². The summed E-state index contributed by atoms with van der Waals surface area (Å²) in [6.45, 7) is 3.87. The quantitative estimate of drug-likeness (QED) is 0.646. The zero-order chi connectivity index (χ0) is 15.2. The highest BCUT2D eigenvalue weighted by Crippen LogP contribution is 2.34. The minimum atomic E-state index is 0.285. The van der Waals surface area contributed by atoms with Crippen molar-refractivity contribution in [1.82, 2.24) is 34.4 Å². The second kappa shape index (κ2) is 4.50. The van der Waals surface area contributed by atoms with E-state index in [0.717, 1.165) is 23.2 Å². The Labute approximate surface area is 126 Å². The maximum atomic E-state index is 4.43. The normalized spacial score (nSPS) is 20.1. The van der Waals surface area contributed by atoms with E-state index in [-0.39, 0.29) is 4.48 Å². The molecular formula is C14H15N8+. The predicted molar refractivity (Wildman–Crippen MR) is 83.3 cm³/mol. The van der Waals surface area contributed by atoms with E-state index in [2.05, 4.69) is 34.9 Å².